The summed E-state index contributed by atoms with van der Waals surface area (Å²) in [6.07, 6.45) is 1.64. The number of rotatable bonds is 5. The van der Waals surface area contributed by atoms with Gasteiger partial charge in [0.25, 0.3) is 5.91 Å². The molecule has 1 atom stereocenters. The van der Waals surface area contributed by atoms with E-state index in [1.807, 2.05) is 23.7 Å². The first-order chi connectivity index (χ1) is 13.2. The summed E-state index contributed by atoms with van der Waals surface area (Å²) in [5, 5.41) is 3.45. The van der Waals surface area contributed by atoms with Crippen LogP contribution in [0.15, 0.2) is 34.2 Å². The molecular formula is C20H31IN4O2S. The molecule has 0 aromatic heterocycles. The summed E-state index contributed by atoms with van der Waals surface area (Å²) in [5.41, 5.74) is 1.29. The average Bonchev–Trinajstić information content (AvgIpc) is 3.24. The SMILES string of the molecule is CN=C(NCCSc1ccc(C)cc1)N1CCN(C(=O)C2CCCO2)CC1.I. The van der Waals surface area contributed by atoms with Crippen LogP contribution in [-0.2, 0) is 9.53 Å². The Morgan fingerprint density at radius 1 is 1.21 bits per heavy atom. The number of piperazine rings is 1. The van der Waals surface area contributed by atoms with E-state index in [9.17, 15) is 4.79 Å². The molecule has 2 aliphatic heterocycles. The molecule has 0 spiro atoms. The van der Waals surface area contributed by atoms with Crippen molar-refractivity contribution in [1.82, 2.24) is 15.1 Å². The van der Waals surface area contributed by atoms with Gasteiger partial charge in [0.05, 0.1) is 0 Å². The fourth-order valence-electron chi connectivity index (χ4n) is 3.41. The molecule has 3 rings (SSSR count). The van der Waals surface area contributed by atoms with Gasteiger partial charge in [0.15, 0.2) is 5.96 Å². The lowest BCUT2D eigenvalue weighted by Crippen LogP contribution is -2.55. The molecule has 1 aromatic carbocycles. The van der Waals surface area contributed by atoms with Crippen LogP contribution in [0.3, 0.4) is 0 Å². The summed E-state index contributed by atoms with van der Waals surface area (Å²) in [7, 11) is 1.82. The van der Waals surface area contributed by atoms with Gasteiger partial charge in [-0.1, -0.05) is 17.7 Å². The Labute approximate surface area is 189 Å². The molecule has 1 unspecified atom stereocenters. The fourth-order valence-corrected chi connectivity index (χ4v) is 4.18. The second kappa shape index (κ2) is 11.9. The number of aryl methyl sites for hydroxylation is 1. The van der Waals surface area contributed by atoms with Crippen LogP contribution in [0.4, 0.5) is 0 Å². The Kier molecular flexibility index (Phi) is 9.87. The normalized spacial score (nSPS) is 20.1. The standard InChI is InChI=1S/C20H30N4O2S.HI/c1-16-5-7-17(8-6-16)27-15-9-22-20(21-2)24-12-10-23(11-13-24)19(25)18-4-3-14-26-18;/h5-8,18H,3-4,9-15H2,1-2H3,(H,21,22);1H. The number of ether oxygens (including phenoxy) is 1. The van der Waals surface area contributed by atoms with Gasteiger partial charge in [0.1, 0.15) is 6.10 Å². The highest BCUT2D eigenvalue weighted by Crippen LogP contribution is 2.18. The van der Waals surface area contributed by atoms with Gasteiger partial charge < -0.3 is 19.9 Å². The summed E-state index contributed by atoms with van der Waals surface area (Å²) < 4.78 is 5.53. The molecule has 0 bridgehead atoms. The zero-order valence-corrected chi connectivity index (χ0v) is 19.9. The molecule has 1 aromatic rings. The van der Waals surface area contributed by atoms with Gasteiger partial charge in [-0.3, -0.25) is 9.79 Å². The quantitative estimate of drug-likeness (QED) is 0.214. The van der Waals surface area contributed by atoms with Crippen molar-refractivity contribution in [1.29, 1.82) is 0 Å². The van der Waals surface area contributed by atoms with E-state index in [1.54, 1.807) is 0 Å². The minimum absolute atomic E-state index is 0. The van der Waals surface area contributed by atoms with E-state index >= 15 is 0 Å². The second-order valence-electron chi connectivity index (χ2n) is 6.95. The molecule has 28 heavy (non-hydrogen) atoms. The number of amides is 1. The van der Waals surface area contributed by atoms with Crippen molar-refractivity contribution in [2.24, 2.45) is 4.99 Å². The molecule has 2 heterocycles. The molecule has 1 amide bonds. The number of benzene rings is 1. The van der Waals surface area contributed by atoms with Crippen molar-refractivity contribution in [2.75, 3.05) is 52.1 Å². The van der Waals surface area contributed by atoms with Crippen LogP contribution in [0.1, 0.15) is 18.4 Å². The Bertz CT molecular complexity index is 642. The number of nitrogens with one attached hydrogen (secondary N) is 1. The first kappa shape index (κ1) is 23.3. The highest BCUT2D eigenvalue weighted by molar-refractivity contribution is 14.0. The Morgan fingerprint density at radius 3 is 2.50 bits per heavy atom. The number of carbonyl (C=O) groups is 1. The van der Waals surface area contributed by atoms with E-state index < -0.39 is 0 Å². The van der Waals surface area contributed by atoms with Gasteiger partial charge in [-0.2, -0.15) is 0 Å². The average molecular weight is 518 g/mol. The molecule has 8 heteroatoms. The smallest absolute Gasteiger partial charge is 0.251 e. The van der Waals surface area contributed by atoms with Crippen molar-refractivity contribution in [3.63, 3.8) is 0 Å². The highest BCUT2D eigenvalue weighted by atomic mass is 127. The van der Waals surface area contributed by atoms with Gasteiger partial charge in [-0.05, 0) is 31.9 Å². The molecule has 6 nitrogen and oxygen atoms in total. The maximum absolute atomic E-state index is 12.4. The number of halogens is 1. The Morgan fingerprint density at radius 2 is 1.89 bits per heavy atom. The van der Waals surface area contributed by atoms with Gasteiger partial charge in [0.2, 0.25) is 0 Å². The minimum Gasteiger partial charge on any atom is -0.368 e. The predicted molar refractivity (Wildman–Crippen MR) is 126 cm³/mol. The summed E-state index contributed by atoms with van der Waals surface area (Å²) in [4.78, 5) is 22.3. The Hall–Kier alpha value is -1.00. The van der Waals surface area contributed by atoms with Crippen LogP contribution in [0.25, 0.3) is 0 Å². The maximum atomic E-state index is 12.4. The van der Waals surface area contributed by atoms with Crippen LogP contribution in [0, 0.1) is 6.92 Å². The molecule has 2 aliphatic rings. The van der Waals surface area contributed by atoms with Crippen LogP contribution in [0.2, 0.25) is 0 Å². The minimum atomic E-state index is -0.215. The van der Waals surface area contributed by atoms with Crippen LogP contribution in [-0.4, -0.2) is 79.9 Å². The van der Waals surface area contributed by atoms with Gasteiger partial charge >= 0.3 is 0 Å². The first-order valence-corrected chi connectivity index (χ1v) is 10.7. The van der Waals surface area contributed by atoms with Crippen molar-refractivity contribution >= 4 is 47.6 Å². The van der Waals surface area contributed by atoms with Crippen LogP contribution in [0.5, 0.6) is 0 Å². The van der Waals surface area contributed by atoms with E-state index in [4.69, 9.17) is 4.74 Å². The maximum Gasteiger partial charge on any atom is 0.251 e. The van der Waals surface area contributed by atoms with E-state index in [0.717, 1.165) is 57.3 Å². The van der Waals surface area contributed by atoms with Crippen molar-refractivity contribution < 1.29 is 9.53 Å². The zero-order chi connectivity index (χ0) is 19.1. The lowest BCUT2D eigenvalue weighted by molar-refractivity contribution is -0.142. The lowest BCUT2D eigenvalue weighted by Gasteiger charge is -2.37. The van der Waals surface area contributed by atoms with E-state index in [0.29, 0.717) is 6.61 Å². The summed E-state index contributed by atoms with van der Waals surface area (Å²) in [6.45, 7) is 6.77. The van der Waals surface area contributed by atoms with Crippen LogP contribution < -0.4 is 5.32 Å². The van der Waals surface area contributed by atoms with Crippen molar-refractivity contribution in [3.8, 4) is 0 Å². The first-order valence-electron chi connectivity index (χ1n) is 9.73. The fraction of sp³-hybridized carbons (Fsp3) is 0.600. The number of hydrogen-bond acceptors (Lipinski definition) is 4. The van der Waals surface area contributed by atoms with Crippen molar-refractivity contribution in [3.05, 3.63) is 29.8 Å². The Balaban J connectivity index is 0.00000280. The summed E-state index contributed by atoms with van der Waals surface area (Å²) in [6, 6.07) is 8.62. The number of aliphatic imine (C=N–C) groups is 1. The largest absolute Gasteiger partial charge is 0.368 e. The number of carbonyl (C=O) groups excluding carboxylic acids is 1. The summed E-state index contributed by atoms with van der Waals surface area (Å²) in [5.74, 6) is 2.06. The number of nitrogens with zero attached hydrogens (tertiary/aromatic N) is 3. The van der Waals surface area contributed by atoms with Crippen LogP contribution >= 0.6 is 35.7 Å². The molecule has 156 valence electrons. The molecule has 1 N–H and O–H groups in total. The van der Waals surface area contributed by atoms with Crippen molar-refractivity contribution in [2.45, 2.75) is 30.8 Å². The predicted octanol–water partition coefficient (Wildman–Crippen LogP) is 2.60. The van der Waals surface area contributed by atoms with Gasteiger partial charge in [-0.15, -0.1) is 35.7 Å². The zero-order valence-electron chi connectivity index (χ0n) is 16.7. The molecular weight excluding hydrogens is 487 g/mol. The molecule has 0 aliphatic carbocycles. The number of thioether (sulfide) groups is 1. The molecule has 2 saturated heterocycles. The van der Waals surface area contributed by atoms with Gasteiger partial charge in [-0.25, -0.2) is 0 Å². The topological polar surface area (TPSA) is 57.2 Å². The lowest BCUT2D eigenvalue weighted by atomic mass is 10.2. The molecule has 0 saturated carbocycles. The third kappa shape index (κ3) is 6.52. The molecule has 0 radical (unpaired) electrons. The number of hydrogen-bond donors (Lipinski definition) is 1. The summed E-state index contributed by atoms with van der Waals surface area (Å²) >= 11 is 1.84. The van der Waals surface area contributed by atoms with E-state index in [1.165, 1.54) is 10.5 Å². The molecule has 2 fully saturated rings. The number of guanidine groups is 1. The third-order valence-electron chi connectivity index (χ3n) is 4.98. The monoisotopic (exact) mass is 518 g/mol. The second-order valence-corrected chi connectivity index (χ2v) is 8.12. The van der Waals surface area contributed by atoms with Gasteiger partial charge in [0, 0.05) is 57.0 Å². The third-order valence-corrected chi connectivity index (χ3v) is 6.00. The van der Waals surface area contributed by atoms with E-state index in [-0.39, 0.29) is 36.0 Å². The highest BCUT2D eigenvalue weighted by Gasteiger charge is 2.30. The van der Waals surface area contributed by atoms with E-state index in [2.05, 4.69) is 46.4 Å².